The molecule has 0 saturated carbocycles. The quantitative estimate of drug-likeness (QED) is 0.550. The minimum atomic E-state index is -1.82. The van der Waals surface area contributed by atoms with Gasteiger partial charge in [0.05, 0.1) is 0 Å². The third-order valence-corrected chi connectivity index (χ3v) is 5.44. The summed E-state index contributed by atoms with van der Waals surface area (Å²) in [4.78, 5) is 26.6. The SMILES string of the molecule is Clc1ccccc1CN1CCN(Cc2c[nH]c3ccccc23)CC1.O=C(O)C(=O)O. The number of piperazine rings is 1. The Balaban J connectivity index is 0.000000377. The van der Waals surface area contributed by atoms with E-state index in [0.29, 0.717) is 0 Å². The van der Waals surface area contributed by atoms with Gasteiger partial charge in [-0.3, -0.25) is 9.80 Å². The van der Waals surface area contributed by atoms with Crippen LogP contribution in [0.5, 0.6) is 0 Å². The van der Waals surface area contributed by atoms with Crippen molar-refractivity contribution in [2.24, 2.45) is 0 Å². The van der Waals surface area contributed by atoms with Crippen LogP contribution in [0.3, 0.4) is 0 Å². The lowest BCUT2D eigenvalue weighted by Crippen LogP contribution is -2.45. The Morgan fingerprint density at radius 3 is 1.97 bits per heavy atom. The van der Waals surface area contributed by atoms with Crippen molar-refractivity contribution in [3.63, 3.8) is 0 Å². The molecule has 4 rings (SSSR count). The lowest BCUT2D eigenvalue weighted by atomic mass is 10.1. The molecule has 158 valence electrons. The molecule has 8 heteroatoms. The summed E-state index contributed by atoms with van der Waals surface area (Å²) in [6.07, 6.45) is 2.15. The second-order valence-electron chi connectivity index (χ2n) is 7.11. The van der Waals surface area contributed by atoms with Crippen LogP contribution in [0.15, 0.2) is 54.7 Å². The number of aliphatic carboxylic acids is 2. The maximum Gasteiger partial charge on any atom is 0.414 e. The number of nitrogens with one attached hydrogen (secondary N) is 1. The maximum atomic E-state index is 9.10. The number of carboxylic acids is 2. The lowest BCUT2D eigenvalue weighted by Gasteiger charge is -2.34. The molecule has 1 aliphatic rings. The van der Waals surface area contributed by atoms with Crippen molar-refractivity contribution in [2.45, 2.75) is 13.1 Å². The number of aromatic nitrogens is 1. The summed E-state index contributed by atoms with van der Waals surface area (Å²) in [5, 5.41) is 17.0. The van der Waals surface area contributed by atoms with Crippen LogP contribution in [0.4, 0.5) is 0 Å². The van der Waals surface area contributed by atoms with Crippen LogP contribution >= 0.6 is 11.6 Å². The van der Waals surface area contributed by atoms with Crippen molar-refractivity contribution in [1.82, 2.24) is 14.8 Å². The summed E-state index contributed by atoms with van der Waals surface area (Å²) in [5.74, 6) is -3.65. The Hall–Kier alpha value is -2.87. The lowest BCUT2D eigenvalue weighted by molar-refractivity contribution is -0.159. The van der Waals surface area contributed by atoms with Gasteiger partial charge in [0.25, 0.3) is 0 Å². The van der Waals surface area contributed by atoms with E-state index in [1.165, 1.54) is 22.0 Å². The van der Waals surface area contributed by atoms with Crippen LogP contribution in [0.25, 0.3) is 10.9 Å². The van der Waals surface area contributed by atoms with Gasteiger partial charge in [-0.05, 0) is 23.3 Å². The number of hydrogen-bond donors (Lipinski definition) is 3. The van der Waals surface area contributed by atoms with E-state index >= 15 is 0 Å². The molecule has 1 aliphatic heterocycles. The van der Waals surface area contributed by atoms with Gasteiger partial charge in [-0.2, -0.15) is 0 Å². The number of H-pyrrole nitrogens is 1. The van der Waals surface area contributed by atoms with Crippen LogP contribution in [-0.2, 0) is 22.7 Å². The molecule has 0 spiro atoms. The zero-order chi connectivity index (χ0) is 21.5. The number of hydrogen-bond acceptors (Lipinski definition) is 4. The fourth-order valence-electron chi connectivity index (χ4n) is 3.48. The van der Waals surface area contributed by atoms with Crippen molar-refractivity contribution in [3.05, 3.63) is 70.9 Å². The fourth-order valence-corrected chi connectivity index (χ4v) is 3.67. The first-order valence-electron chi connectivity index (χ1n) is 9.63. The molecule has 2 heterocycles. The van der Waals surface area contributed by atoms with Crippen molar-refractivity contribution in [3.8, 4) is 0 Å². The summed E-state index contributed by atoms with van der Waals surface area (Å²) in [5.41, 5.74) is 3.85. The molecule has 1 aromatic heterocycles. The Kier molecular flexibility index (Phi) is 7.46. The smallest absolute Gasteiger partial charge is 0.414 e. The molecule has 3 N–H and O–H groups in total. The molecule has 3 aromatic rings. The van der Waals surface area contributed by atoms with Crippen molar-refractivity contribution >= 4 is 34.4 Å². The van der Waals surface area contributed by atoms with E-state index in [4.69, 9.17) is 31.4 Å². The Morgan fingerprint density at radius 2 is 1.37 bits per heavy atom. The summed E-state index contributed by atoms with van der Waals surface area (Å²) >= 11 is 6.28. The van der Waals surface area contributed by atoms with Crippen LogP contribution in [-0.4, -0.2) is 63.1 Å². The number of rotatable bonds is 4. The van der Waals surface area contributed by atoms with E-state index in [-0.39, 0.29) is 0 Å². The fraction of sp³-hybridized carbons (Fsp3) is 0.273. The number of halogens is 1. The number of para-hydroxylation sites is 1. The van der Waals surface area contributed by atoms with Gasteiger partial charge in [-0.25, -0.2) is 9.59 Å². The number of benzene rings is 2. The maximum absolute atomic E-state index is 9.10. The van der Waals surface area contributed by atoms with Gasteiger partial charge in [-0.15, -0.1) is 0 Å². The number of aromatic amines is 1. The van der Waals surface area contributed by atoms with E-state index in [2.05, 4.69) is 57.4 Å². The Labute approximate surface area is 179 Å². The summed E-state index contributed by atoms with van der Waals surface area (Å²) in [7, 11) is 0. The van der Waals surface area contributed by atoms with E-state index in [0.717, 1.165) is 44.3 Å². The number of fused-ring (bicyclic) bond motifs is 1. The minimum absolute atomic E-state index is 0.874. The first kappa shape index (κ1) is 21.8. The molecule has 30 heavy (non-hydrogen) atoms. The van der Waals surface area contributed by atoms with Crippen LogP contribution in [0, 0.1) is 0 Å². The second-order valence-corrected chi connectivity index (χ2v) is 7.52. The van der Waals surface area contributed by atoms with Crippen LogP contribution in [0.2, 0.25) is 5.02 Å². The predicted octanol–water partition coefficient (Wildman–Crippen LogP) is 3.29. The highest BCUT2D eigenvalue weighted by Crippen LogP contribution is 2.21. The Bertz CT molecular complexity index is 1000. The summed E-state index contributed by atoms with van der Waals surface area (Å²) in [6.45, 7) is 6.35. The largest absolute Gasteiger partial charge is 0.473 e. The first-order chi connectivity index (χ1) is 14.4. The molecule has 0 atom stereocenters. The molecule has 0 bridgehead atoms. The Morgan fingerprint density at radius 1 is 0.833 bits per heavy atom. The molecular formula is C22H24ClN3O4. The number of carbonyl (C=O) groups is 2. The van der Waals surface area contributed by atoms with Gasteiger partial charge in [0.1, 0.15) is 0 Å². The van der Waals surface area contributed by atoms with Gasteiger partial charge in [0.2, 0.25) is 0 Å². The first-order valence-corrected chi connectivity index (χ1v) is 10.0. The van der Waals surface area contributed by atoms with E-state index in [1.807, 2.05) is 12.1 Å². The molecular weight excluding hydrogens is 406 g/mol. The van der Waals surface area contributed by atoms with Gasteiger partial charge >= 0.3 is 11.9 Å². The molecule has 0 unspecified atom stereocenters. The van der Waals surface area contributed by atoms with Crippen molar-refractivity contribution < 1.29 is 19.8 Å². The zero-order valence-corrected chi connectivity index (χ0v) is 17.2. The van der Waals surface area contributed by atoms with Gasteiger partial charge in [0, 0.05) is 61.4 Å². The third kappa shape index (κ3) is 5.82. The highest BCUT2D eigenvalue weighted by molar-refractivity contribution is 6.31. The highest BCUT2D eigenvalue weighted by Gasteiger charge is 2.18. The van der Waals surface area contributed by atoms with Gasteiger partial charge in [-0.1, -0.05) is 48.0 Å². The van der Waals surface area contributed by atoms with E-state index in [1.54, 1.807) is 0 Å². The average Bonchev–Trinajstić information content (AvgIpc) is 3.14. The van der Waals surface area contributed by atoms with Gasteiger partial charge in [0.15, 0.2) is 0 Å². The highest BCUT2D eigenvalue weighted by atomic mass is 35.5. The van der Waals surface area contributed by atoms with Crippen LogP contribution < -0.4 is 0 Å². The third-order valence-electron chi connectivity index (χ3n) is 5.07. The predicted molar refractivity (Wildman–Crippen MR) is 116 cm³/mol. The molecule has 0 amide bonds. The molecule has 0 aliphatic carbocycles. The number of carboxylic acid groups (broad SMARTS) is 2. The number of nitrogens with zero attached hydrogens (tertiary/aromatic N) is 2. The van der Waals surface area contributed by atoms with Gasteiger partial charge < -0.3 is 15.2 Å². The van der Waals surface area contributed by atoms with E-state index < -0.39 is 11.9 Å². The molecule has 2 aromatic carbocycles. The van der Waals surface area contributed by atoms with Crippen molar-refractivity contribution in [1.29, 1.82) is 0 Å². The minimum Gasteiger partial charge on any atom is -0.473 e. The standard InChI is InChI=1S/C20H22ClN3.C2H2O4/c21-19-7-3-1-5-16(19)14-23-9-11-24(12-10-23)15-17-13-22-20-8-4-2-6-18(17)20;3-1(4)2(5)6/h1-8,13,22H,9-12,14-15H2;(H,3,4)(H,5,6). The average molecular weight is 430 g/mol. The normalized spacial score (nSPS) is 14.8. The topological polar surface area (TPSA) is 96.9 Å². The molecule has 7 nitrogen and oxygen atoms in total. The van der Waals surface area contributed by atoms with Crippen LogP contribution in [0.1, 0.15) is 11.1 Å². The van der Waals surface area contributed by atoms with Crippen molar-refractivity contribution in [2.75, 3.05) is 26.2 Å². The summed E-state index contributed by atoms with van der Waals surface area (Å²) in [6, 6.07) is 16.7. The monoisotopic (exact) mass is 429 g/mol. The molecule has 0 radical (unpaired) electrons. The second kappa shape index (κ2) is 10.2. The molecule has 1 fully saturated rings. The summed E-state index contributed by atoms with van der Waals surface area (Å²) < 4.78 is 0. The van der Waals surface area contributed by atoms with E-state index in [9.17, 15) is 0 Å². The molecule has 1 saturated heterocycles. The zero-order valence-electron chi connectivity index (χ0n) is 16.4.